The Morgan fingerprint density at radius 2 is 1.47 bits per heavy atom. The molecule has 0 aliphatic heterocycles. The molecule has 0 saturated heterocycles. The Kier molecular flexibility index (Phi) is 6.87. The maximum absolute atomic E-state index is 6.45. The zero-order chi connectivity index (χ0) is 29.3. The molecule has 6 nitrogen and oxygen atoms in total. The normalized spacial score (nSPS) is 11.3. The van der Waals surface area contributed by atoms with Crippen LogP contribution in [0.2, 0.25) is 0 Å². The zero-order valence-electron chi connectivity index (χ0n) is 24.5. The number of benzene rings is 4. The lowest BCUT2D eigenvalue weighted by Gasteiger charge is -2.11. The van der Waals surface area contributed by atoms with E-state index in [0.717, 1.165) is 69.0 Å². The first-order chi connectivity index (χ1) is 21.2. The van der Waals surface area contributed by atoms with Gasteiger partial charge in [-0.05, 0) is 65.9 Å². The predicted molar refractivity (Wildman–Crippen MR) is 173 cm³/mol. The van der Waals surface area contributed by atoms with Crippen LogP contribution < -0.4 is 9.47 Å². The van der Waals surface area contributed by atoms with E-state index in [4.69, 9.17) is 14.6 Å². The molecule has 0 atom stereocenters. The number of fused-ring (bicyclic) bond motifs is 3. The highest BCUT2D eigenvalue weighted by Crippen LogP contribution is 2.36. The highest BCUT2D eigenvalue weighted by atomic mass is 16.5. The molecule has 0 saturated carbocycles. The van der Waals surface area contributed by atoms with Crippen molar-refractivity contribution in [1.29, 1.82) is 0 Å². The second-order valence-corrected chi connectivity index (χ2v) is 10.5. The summed E-state index contributed by atoms with van der Waals surface area (Å²) < 4.78 is 16.0. The molecule has 43 heavy (non-hydrogen) atoms. The summed E-state index contributed by atoms with van der Waals surface area (Å²) in [4.78, 5) is 4.67. The monoisotopic (exact) mass is 564 g/mol. The minimum atomic E-state index is 0.735. The molecule has 0 spiro atoms. The van der Waals surface area contributed by atoms with Crippen LogP contribution in [0.4, 0.5) is 0 Å². The summed E-state index contributed by atoms with van der Waals surface area (Å²) in [7, 11) is 1.67. The summed E-state index contributed by atoms with van der Waals surface area (Å²) in [5.41, 5.74) is 8.12. The van der Waals surface area contributed by atoms with Crippen LogP contribution in [-0.4, -0.2) is 26.4 Å². The van der Waals surface area contributed by atoms with Crippen LogP contribution in [-0.2, 0) is 12.8 Å². The van der Waals surface area contributed by atoms with Gasteiger partial charge in [-0.3, -0.25) is 4.57 Å². The third-order valence-corrected chi connectivity index (χ3v) is 8.01. The maximum Gasteiger partial charge on any atom is 0.141 e. The molecule has 0 amide bonds. The van der Waals surface area contributed by atoms with Gasteiger partial charge in [-0.25, -0.2) is 9.67 Å². The molecule has 0 unspecified atom stereocenters. The van der Waals surface area contributed by atoms with Gasteiger partial charge in [0.15, 0.2) is 0 Å². The maximum atomic E-state index is 6.45. The van der Waals surface area contributed by atoms with Crippen molar-refractivity contribution in [3.05, 3.63) is 127 Å². The zero-order valence-corrected chi connectivity index (χ0v) is 24.5. The Morgan fingerprint density at radius 3 is 2.28 bits per heavy atom. The van der Waals surface area contributed by atoms with E-state index in [9.17, 15) is 0 Å². The number of para-hydroxylation sites is 1. The Hall–Kier alpha value is -5.36. The van der Waals surface area contributed by atoms with Crippen LogP contribution >= 0.6 is 0 Å². The molecule has 0 bridgehead atoms. The number of rotatable bonds is 8. The van der Waals surface area contributed by atoms with Crippen molar-refractivity contribution in [3.63, 3.8) is 0 Å². The number of aromatic nitrogens is 4. The minimum Gasteiger partial charge on any atom is -0.497 e. The van der Waals surface area contributed by atoms with Crippen LogP contribution in [0, 0.1) is 0 Å². The van der Waals surface area contributed by atoms with Gasteiger partial charge >= 0.3 is 0 Å². The molecule has 0 aliphatic rings. The Labute approximate surface area is 250 Å². The fourth-order valence-electron chi connectivity index (χ4n) is 5.94. The number of nitrogens with zero attached hydrogens (tertiary/aromatic N) is 4. The predicted octanol–water partition coefficient (Wildman–Crippen LogP) is 8.96. The van der Waals surface area contributed by atoms with Crippen molar-refractivity contribution in [1.82, 2.24) is 19.3 Å². The van der Waals surface area contributed by atoms with Crippen molar-refractivity contribution in [3.8, 4) is 39.9 Å². The summed E-state index contributed by atoms with van der Waals surface area (Å²) in [5.74, 6) is 3.02. The summed E-state index contributed by atoms with van der Waals surface area (Å²) in [5, 5.41) is 7.01. The fraction of sp³-hybridized carbons (Fsp3) is 0.135. The van der Waals surface area contributed by atoms with Gasteiger partial charge in [0.05, 0.1) is 30.0 Å². The number of methoxy groups -OCH3 is 1. The molecule has 7 rings (SSSR count). The Balaban J connectivity index is 1.25. The summed E-state index contributed by atoms with van der Waals surface area (Å²) in [6, 6.07) is 33.0. The molecular formula is C37H32N4O2. The second-order valence-electron chi connectivity index (χ2n) is 10.5. The SMILES string of the molecule is CCc1cccc(CC)c1-c1cnn(-c2cccc(Oc3ccc4c5ccccc5n(-c5cc(OC)ccn5)c4c3)c2)c1. The first-order valence-electron chi connectivity index (χ1n) is 14.6. The van der Waals surface area contributed by atoms with Gasteiger partial charge in [-0.1, -0.05) is 56.3 Å². The van der Waals surface area contributed by atoms with Gasteiger partial charge < -0.3 is 9.47 Å². The quantitative estimate of drug-likeness (QED) is 0.185. The van der Waals surface area contributed by atoms with Gasteiger partial charge in [-0.15, -0.1) is 0 Å². The van der Waals surface area contributed by atoms with Crippen LogP contribution in [0.25, 0.3) is 44.4 Å². The second kappa shape index (κ2) is 11.1. The van der Waals surface area contributed by atoms with Crippen LogP contribution in [0.3, 0.4) is 0 Å². The van der Waals surface area contributed by atoms with E-state index >= 15 is 0 Å². The third kappa shape index (κ3) is 4.81. The molecule has 212 valence electrons. The van der Waals surface area contributed by atoms with E-state index in [1.54, 1.807) is 13.3 Å². The molecular weight excluding hydrogens is 532 g/mol. The lowest BCUT2D eigenvalue weighted by atomic mass is 9.94. The van der Waals surface area contributed by atoms with Crippen molar-refractivity contribution in [2.45, 2.75) is 26.7 Å². The summed E-state index contributed by atoms with van der Waals surface area (Å²) in [6.45, 7) is 4.40. The molecule has 0 fully saturated rings. The smallest absolute Gasteiger partial charge is 0.141 e. The highest BCUT2D eigenvalue weighted by Gasteiger charge is 2.15. The van der Waals surface area contributed by atoms with Crippen molar-refractivity contribution in [2.75, 3.05) is 7.11 Å². The van der Waals surface area contributed by atoms with E-state index < -0.39 is 0 Å². The van der Waals surface area contributed by atoms with E-state index in [2.05, 4.69) is 78.1 Å². The topological polar surface area (TPSA) is 54.1 Å². The third-order valence-electron chi connectivity index (χ3n) is 8.01. The fourth-order valence-corrected chi connectivity index (χ4v) is 5.94. The number of pyridine rings is 1. The average molecular weight is 565 g/mol. The van der Waals surface area contributed by atoms with Crippen molar-refractivity contribution >= 4 is 21.8 Å². The minimum absolute atomic E-state index is 0.735. The van der Waals surface area contributed by atoms with E-state index in [1.807, 2.05) is 59.4 Å². The summed E-state index contributed by atoms with van der Waals surface area (Å²) in [6.07, 6.45) is 7.80. The molecule has 3 aromatic heterocycles. The van der Waals surface area contributed by atoms with Gasteiger partial charge in [0, 0.05) is 46.9 Å². The van der Waals surface area contributed by atoms with Gasteiger partial charge in [0.25, 0.3) is 0 Å². The van der Waals surface area contributed by atoms with E-state index in [1.165, 1.54) is 16.7 Å². The molecule has 6 heteroatoms. The van der Waals surface area contributed by atoms with Crippen LogP contribution in [0.5, 0.6) is 17.2 Å². The van der Waals surface area contributed by atoms with Gasteiger partial charge in [0.2, 0.25) is 0 Å². The average Bonchev–Trinajstić information content (AvgIpc) is 3.67. The number of hydrogen-bond acceptors (Lipinski definition) is 4. The standard InChI is InChI=1S/C37H32N4O2/c1-4-25-10-8-11-26(5-2)37(25)27-23-39-40(24-27)28-12-9-13-30(20-28)43-31-16-17-33-32-14-6-7-15-34(32)41(35(33)21-31)36-22-29(42-3)18-19-38-36/h6-24H,4-5H2,1-3H3. The Morgan fingerprint density at radius 1 is 0.698 bits per heavy atom. The Bertz CT molecular complexity index is 2070. The van der Waals surface area contributed by atoms with Crippen LogP contribution in [0.1, 0.15) is 25.0 Å². The van der Waals surface area contributed by atoms with Gasteiger partial charge in [0.1, 0.15) is 23.1 Å². The number of aryl methyl sites for hydroxylation is 2. The molecule has 0 aliphatic carbocycles. The lowest BCUT2D eigenvalue weighted by molar-refractivity contribution is 0.414. The summed E-state index contributed by atoms with van der Waals surface area (Å²) >= 11 is 0. The van der Waals surface area contributed by atoms with E-state index in [0.29, 0.717) is 0 Å². The molecule has 7 aromatic rings. The number of ether oxygens (including phenoxy) is 2. The highest BCUT2D eigenvalue weighted by molar-refractivity contribution is 6.09. The first kappa shape index (κ1) is 26.5. The largest absolute Gasteiger partial charge is 0.497 e. The lowest BCUT2D eigenvalue weighted by Crippen LogP contribution is -1.98. The molecule has 0 radical (unpaired) electrons. The van der Waals surface area contributed by atoms with Crippen molar-refractivity contribution in [2.24, 2.45) is 0 Å². The van der Waals surface area contributed by atoms with E-state index in [-0.39, 0.29) is 0 Å². The van der Waals surface area contributed by atoms with Crippen molar-refractivity contribution < 1.29 is 9.47 Å². The molecule has 0 N–H and O–H groups in total. The van der Waals surface area contributed by atoms with Gasteiger partial charge in [-0.2, -0.15) is 5.10 Å². The van der Waals surface area contributed by atoms with Crippen LogP contribution in [0.15, 0.2) is 116 Å². The first-order valence-corrected chi connectivity index (χ1v) is 14.6. The molecule has 3 heterocycles. The molecule has 4 aromatic carbocycles. The number of hydrogen-bond donors (Lipinski definition) is 0.